The van der Waals surface area contributed by atoms with Crippen molar-refractivity contribution in [3.05, 3.63) is 29.6 Å². The number of hydrogen-bond donors (Lipinski definition) is 2. The lowest BCUT2D eigenvalue weighted by atomic mass is 9.96. The Morgan fingerprint density at radius 1 is 1.35 bits per heavy atom. The van der Waals surface area contributed by atoms with Crippen LogP contribution in [0.25, 0.3) is 11.0 Å². The van der Waals surface area contributed by atoms with Crippen LogP contribution in [0, 0.1) is 0 Å². The van der Waals surface area contributed by atoms with E-state index >= 15 is 0 Å². The van der Waals surface area contributed by atoms with Crippen molar-refractivity contribution in [2.24, 2.45) is 0 Å². The molecule has 0 radical (unpaired) electrons. The van der Waals surface area contributed by atoms with E-state index in [1.54, 1.807) is 0 Å². The van der Waals surface area contributed by atoms with Crippen LogP contribution in [0.4, 0.5) is 0 Å². The predicted octanol–water partition coefficient (Wildman–Crippen LogP) is 2.84. The number of aryl methyl sites for hydroxylation is 1. The number of nitrogens with one attached hydrogen (secondary N) is 2. The molecule has 0 fully saturated rings. The average Bonchev–Trinajstić information content (AvgIpc) is 2.77. The van der Waals surface area contributed by atoms with Crippen molar-refractivity contribution in [3.8, 4) is 0 Å². The fraction of sp³-hybridized carbons (Fsp3) is 0.500. The minimum atomic E-state index is 0.581. The van der Waals surface area contributed by atoms with Crippen LogP contribution in [0.2, 0.25) is 0 Å². The van der Waals surface area contributed by atoms with Crippen LogP contribution in [0.3, 0.4) is 0 Å². The number of imidazole rings is 1. The van der Waals surface area contributed by atoms with Crippen molar-refractivity contribution in [3.63, 3.8) is 0 Å². The molecule has 0 aliphatic rings. The van der Waals surface area contributed by atoms with Gasteiger partial charge in [-0.1, -0.05) is 19.9 Å². The van der Waals surface area contributed by atoms with Crippen molar-refractivity contribution in [2.75, 3.05) is 13.6 Å². The maximum absolute atomic E-state index is 4.53. The van der Waals surface area contributed by atoms with Crippen LogP contribution in [-0.4, -0.2) is 23.6 Å². The molecule has 3 nitrogen and oxygen atoms in total. The summed E-state index contributed by atoms with van der Waals surface area (Å²) >= 11 is 0. The number of nitrogens with zero attached hydrogens (tertiary/aromatic N) is 1. The van der Waals surface area contributed by atoms with Crippen LogP contribution in [0.15, 0.2) is 18.2 Å². The summed E-state index contributed by atoms with van der Waals surface area (Å²) in [5, 5.41) is 3.26. The molecule has 0 bridgehead atoms. The fourth-order valence-corrected chi connectivity index (χ4v) is 2.25. The molecule has 1 aromatic carbocycles. The Labute approximate surface area is 103 Å². The zero-order valence-electron chi connectivity index (χ0n) is 10.9. The van der Waals surface area contributed by atoms with Crippen LogP contribution < -0.4 is 5.32 Å². The summed E-state index contributed by atoms with van der Waals surface area (Å²) in [6, 6.07) is 6.57. The van der Waals surface area contributed by atoms with Gasteiger partial charge < -0.3 is 10.3 Å². The number of hydrogen-bond acceptors (Lipinski definition) is 2. The Bertz CT molecular complexity index is 487. The number of rotatable bonds is 5. The molecule has 0 spiro atoms. The summed E-state index contributed by atoms with van der Waals surface area (Å²) < 4.78 is 0. The zero-order valence-corrected chi connectivity index (χ0v) is 10.9. The third-order valence-corrected chi connectivity index (χ3v) is 3.30. The van der Waals surface area contributed by atoms with Gasteiger partial charge in [-0.3, -0.25) is 0 Å². The van der Waals surface area contributed by atoms with Gasteiger partial charge in [0, 0.05) is 13.0 Å². The average molecular weight is 231 g/mol. The van der Waals surface area contributed by atoms with Crippen molar-refractivity contribution in [1.29, 1.82) is 0 Å². The number of benzene rings is 1. The standard InChI is InChI=1S/C14H21N3/c1-4-10(9-15-3)11-6-7-12-13(8-11)17-14(5-2)16-12/h6-8,10,15H,4-5,9H2,1-3H3,(H,16,17). The van der Waals surface area contributed by atoms with E-state index in [9.17, 15) is 0 Å². The van der Waals surface area contributed by atoms with E-state index in [1.807, 2.05) is 7.05 Å². The molecular weight excluding hydrogens is 210 g/mol. The predicted molar refractivity (Wildman–Crippen MR) is 72.4 cm³/mol. The van der Waals surface area contributed by atoms with Gasteiger partial charge in [0.15, 0.2) is 0 Å². The summed E-state index contributed by atoms with van der Waals surface area (Å²) in [6.07, 6.45) is 2.11. The Hall–Kier alpha value is -1.35. The van der Waals surface area contributed by atoms with Gasteiger partial charge in [-0.2, -0.15) is 0 Å². The second kappa shape index (κ2) is 5.32. The number of likely N-dealkylation sites (N-methyl/N-ethyl adjacent to an activating group) is 1. The van der Waals surface area contributed by atoms with Gasteiger partial charge in [0.25, 0.3) is 0 Å². The molecule has 0 aliphatic carbocycles. The van der Waals surface area contributed by atoms with Crippen LogP contribution >= 0.6 is 0 Å². The van der Waals surface area contributed by atoms with E-state index in [-0.39, 0.29) is 0 Å². The summed E-state index contributed by atoms with van der Waals surface area (Å²) in [7, 11) is 2.01. The van der Waals surface area contributed by atoms with Crippen molar-refractivity contribution < 1.29 is 0 Å². The molecular formula is C14H21N3. The third kappa shape index (κ3) is 2.50. The highest BCUT2D eigenvalue weighted by atomic mass is 14.9. The fourth-order valence-electron chi connectivity index (χ4n) is 2.25. The van der Waals surface area contributed by atoms with Crippen molar-refractivity contribution in [1.82, 2.24) is 15.3 Å². The van der Waals surface area contributed by atoms with Crippen LogP contribution in [-0.2, 0) is 6.42 Å². The van der Waals surface area contributed by atoms with Crippen LogP contribution in [0.5, 0.6) is 0 Å². The SMILES string of the molecule is CCc1nc2ccc(C(CC)CNC)cc2[nH]1. The molecule has 92 valence electrons. The monoisotopic (exact) mass is 231 g/mol. The molecule has 17 heavy (non-hydrogen) atoms. The molecule has 0 aliphatic heterocycles. The molecule has 2 rings (SSSR count). The topological polar surface area (TPSA) is 40.7 Å². The summed E-state index contributed by atoms with van der Waals surface area (Å²) in [6.45, 7) is 5.38. The Morgan fingerprint density at radius 3 is 2.82 bits per heavy atom. The summed E-state index contributed by atoms with van der Waals surface area (Å²) in [4.78, 5) is 7.91. The van der Waals surface area contributed by atoms with Gasteiger partial charge in [-0.05, 0) is 37.1 Å². The van der Waals surface area contributed by atoms with Crippen LogP contribution in [0.1, 0.15) is 37.6 Å². The largest absolute Gasteiger partial charge is 0.342 e. The number of fused-ring (bicyclic) bond motifs is 1. The molecule has 1 heterocycles. The smallest absolute Gasteiger partial charge is 0.106 e. The minimum Gasteiger partial charge on any atom is -0.342 e. The Balaban J connectivity index is 2.35. The molecule has 0 saturated heterocycles. The summed E-state index contributed by atoms with van der Waals surface area (Å²) in [5.74, 6) is 1.65. The van der Waals surface area contributed by atoms with Gasteiger partial charge >= 0.3 is 0 Å². The Kier molecular flexibility index (Phi) is 3.79. The number of H-pyrrole nitrogens is 1. The first-order valence-corrected chi connectivity index (χ1v) is 6.41. The van der Waals surface area contributed by atoms with E-state index in [0.717, 1.165) is 36.2 Å². The van der Waals surface area contributed by atoms with Gasteiger partial charge in [-0.25, -0.2) is 4.98 Å². The van der Waals surface area contributed by atoms with Gasteiger partial charge in [0.05, 0.1) is 11.0 Å². The number of aromatic nitrogens is 2. The van der Waals surface area contributed by atoms with Gasteiger partial charge in [0.1, 0.15) is 5.82 Å². The lowest BCUT2D eigenvalue weighted by Crippen LogP contribution is -2.16. The highest BCUT2D eigenvalue weighted by Gasteiger charge is 2.10. The normalized spacial score (nSPS) is 13.1. The summed E-state index contributed by atoms with van der Waals surface area (Å²) in [5.41, 5.74) is 3.62. The molecule has 1 atom stereocenters. The van der Waals surface area contributed by atoms with E-state index in [2.05, 4.69) is 47.3 Å². The minimum absolute atomic E-state index is 0.581. The maximum Gasteiger partial charge on any atom is 0.106 e. The van der Waals surface area contributed by atoms with E-state index in [1.165, 1.54) is 5.56 Å². The first-order valence-electron chi connectivity index (χ1n) is 6.41. The quantitative estimate of drug-likeness (QED) is 0.830. The lowest BCUT2D eigenvalue weighted by Gasteiger charge is -2.14. The van der Waals surface area contributed by atoms with Crippen molar-refractivity contribution in [2.45, 2.75) is 32.6 Å². The van der Waals surface area contributed by atoms with E-state index < -0.39 is 0 Å². The van der Waals surface area contributed by atoms with Crippen molar-refractivity contribution >= 4 is 11.0 Å². The maximum atomic E-state index is 4.53. The second-order valence-electron chi connectivity index (χ2n) is 4.48. The zero-order chi connectivity index (χ0) is 12.3. The first kappa shape index (κ1) is 12.1. The molecule has 3 heteroatoms. The highest BCUT2D eigenvalue weighted by Crippen LogP contribution is 2.22. The molecule has 1 aromatic heterocycles. The molecule has 0 amide bonds. The molecule has 0 saturated carbocycles. The molecule has 2 N–H and O–H groups in total. The van der Waals surface area contributed by atoms with Gasteiger partial charge in [-0.15, -0.1) is 0 Å². The first-order chi connectivity index (χ1) is 8.28. The molecule has 2 aromatic rings. The second-order valence-corrected chi connectivity index (χ2v) is 4.48. The van der Waals surface area contributed by atoms with Gasteiger partial charge in [0.2, 0.25) is 0 Å². The van der Waals surface area contributed by atoms with E-state index in [4.69, 9.17) is 0 Å². The van der Waals surface area contributed by atoms with E-state index in [0.29, 0.717) is 5.92 Å². The Morgan fingerprint density at radius 2 is 2.18 bits per heavy atom. The highest BCUT2D eigenvalue weighted by molar-refractivity contribution is 5.76. The third-order valence-electron chi connectivity index (χ3n) is 3.30. The molecule has 1 unspecified atom stereocenters. The lowest BCUT2D eigenvalue weighted by molar-refractivity contribution is 0.612. The number of aromatic amines is 1.